The highest BCUT2D eigenvalue weighted by Gasteiger charge is 2.05. The van der Waals surface area contributed by atoms with Gasteiger partial charge in [0.1, 0.15) is 4.99 Å². The lowest BCUT2D eigenvalue weighted by Gasteiger charge is -2.11. The Labute approximate surface area is 126 Å². The summed E-state index contributed by atoms with van der Waals surface area (Å²) >= 11 is 8.49. The van der Waals surface area contributed by atoms with E-state index in [0.717, 1.165) is 34.4 Å². The summed E-state index contributed by atoms with van der Waals surface area (Å²) in [7, 11) is 0. The average Bonchev–Trinajstić information content (AvgIpc) is 2.39. The molecule has 2 aromatic rings. The molecule has 5 heteroatoms. The van der Waals surface area contributed by atoms with Gasteiger partial charge in [-0.2, -0.15) is 0 Å². The third-order valence-corrected chi connectivity index (χ3v) is 3.38. The Hall–Kier alpha value is -1.46. The van der Waals surface area contributed by atoms with Crippen molar-refractivity contribution in [1.82, 2.24) is 4.98 Å². The number of aromatic nitrogens is 1. The molecule has 0 bridgehead atoms. The Bertz CT molecular complexity index is 572. The van der Waals surface area contributed by atoms with Crippen LogP contribution in [0.5, 0.6) is 0 Å². The number of halogens is 1. The first kappa shape index (κ1) is 14.0. The van der Waals surface area contributed by atoms with Crippen molar-refractivity contribution in [2.24, 2.45) is 5.73 Å². The maximum Gasteiger partial charge on any atom is 0.106 e. The van der Waals surface area contributed by atoms with Crippen LogP contribution in [0, 0.1) is 0 Å². The van der Waals surface area contributed by atoms with E-state index < -0.39 is 0 Å². The van der Waals surface area contributed by atoms with Crippen molar-refractivity contribution in [2.45, 2.75) is 6.42 Å². The smallest absolute Gasteiger partial charge is 0.106 e. The van der Waals surface area contributed by atoms with Crippen LogP contribution >= 0.6 is 28.1 Å². The van der Waals surface area contributed by atoms with Crippen molar-refractivity contribution in [3.63, 3.8) is 0 Å². The lowest BCUT2D eigenvalue weighted by Crippen LogP contribution is -2.14. The molecule has 0 spiro atoms. The molecular weight excluding hydrogens is 322 g/mol. The fourth-order valence-corrected chi connectivity index (χ4v) is 2.29. The quantitative estimate of drug-likeness (QED) is 0.824. The molecule has 0 atom stereocenters. The third-order valence-electron chi connectivity index (χ3n) is 2.67. The molecule has 0 saturated heterocycles. The maximum absolute atomic E-state index is 5.71. The molecule has 0 unspecified atom stereocenters. The minimum absolute atomic E-state index is 0.396. The molecule has 19 heavy (non-hydrogen) atoms. The number of thiocarbonyl (C=S) groups is 1. The predicted octanol–water partition coefficient (Wildman–Crippen LogP) is 3.13. The lowest BCUT2D eigenvalue weighted by molar-refractivity contribution is 0.961. The van der Waals surface area contributed by atoms with Crippen LogP contribution in [0.1, 0.15) is 11.3 Å². The van der Waals surface area contributed by atoms with Gasteiger partial charge in [-0.05, 0) is 30.3 Å². The van der Waals surface area contributed by atoms with Crippen molar-refractivity contribution in [1.29, 1.82) is 0 Å². The molecule has 98 valence electrons. The van der Waals surface area contributed by atoms with E-state index in [1.165, 1.54) is 0 Å². The van der Waals surface area contributed by atoms with E-state index in [-0.39, 0.29) is 0 Å². The van der Waals surface area contributed by atoms with Gasteiger partial charge in [0.2, 0.25) is 0 Å². The second kappa shape index (κ2) is 6.63. The molecular formula is C14H14BrN3S. The Morgan fingerprint density at radius 2 is 2.16 bits per heavy atom. The van der Waals surface area contributed by atoms with E-state index in [1.807, 2.05) is 36.4 Å². The zero-order valence-corrected chi connectivity index (χ0v) is 12.7. The number of rotatable bonds is 5. The molecule has 0 saturated carbocycles. The highest BCUT2D eigenvalue weighted by atomic mass is 79.9. The van der Waals surface area contributed by atoms with Gasteiger partial charge < -0.3 is 11.1 Å². The summed E-state index contributed by atoms with van der Waals surface area (Å²) < 4.78 is 0.993. The summed E-state index contributed by atoms with van der Waals surface area (Å²) in [4.78, 5) is 4.68. The Morgan fingerprint density at radius 1 is 1.32 bits per heavy atom. The Kier molecular flexibility index (Phi) is 4.87. The van der Waals surface area contributed by atoms with Gasteiger partial charge in [-0.3, -0.25) is 4.98 Å². The molecule has 0 aliphatic heterocycles. The topological polar surface area (TPSA) is 50.9 Å². The number of nitrogens with one attached hydrogen (secondary N) is 1. The Balaban J connectivity index is 2.03. The summed E-state index contributed by atoms with van der Waals surface area (Å²) in [5, 5.41) is 3.35. The molecule has 0 amide bonds. The molecule has 1 aromatic heterocycles. The highest BCUT2D eigenvalue weighted by molar-refractivity contribution is 9.10. The minimum Gasteiger partial charge on any atom is -0.389 e. The molecule has 0 aliphatic carbocycles. The fourth-order valence-electron chi connectivity index (χ4n) is 1.75. The van der Waals surface area contributed by atoms with Crippen LogP contribution in [-0.2, 0) is 6.42 Å². The molecule has 2 rings (SSSR count). The molecule has 1 heterocycles. The van der Waals surface area contributed by atoms with Crippen molar-refractivity contribution in [2.75, 3.05) is 11.9 Å². The predicted molar refractivity (Wildman–Crippen MR) is 86.5 cm³/mol. The van der Waals surface area contributed by atoms with Crippen LogP contribution in [0.25, 0.3) is 0 Å². The first-order valence-electron chi connectivity index (χ1n) is 5.90. The average molecular weight is 336 g/mol. The van der Waals surface area contributed by atoms with Gasteiger partial charge in [0.05, 0.1) is 0 Å². The van der Waals surface area contributed by atoms with Gasteiger partial charge in [0.15, 0.2) is 0 Å². The summed E-state index contributed by atoms with van der Waals surface area (Å²) in [6, 6.07) is 11.7. The van der Waals surface area contributed by atoms with Crippen LogP contribution in [0.2, 0.25) is 0 Å². The molecule has 0 radical (unpaired) electrons. The van der Waals surface area contributed by atoms with Crippen LogP contribution in [-0.4, -0.2) is 16.5 Å². The van der Waals surface area contributed by atoms with E-state index in [1.54, 1.807) is 6.20 Å². The van der Waals surface area contributed by atoms with Gasteiger partial charge in [0, 0.05) is 40.6 Å². The number of anilines is 1. The van der Waals surface area contributed by atoms with E-state index in [9.17, 15) is 0 Å². The van der Waals surface area contributed by atoms with E-state index in [0.29, 0.717) is 4.99 Å². The largest absolute Gasteiger partial charge is 0.389 e. The maximum atomic E-state index is 5.71. The number of benzene rings is 1. The van der Waals surface area contributed by atoms with E-state index in [4.69, 9.17) is 18.0 Å². The SMILES string of the molecule is NC(=S)c1ccc(Br)cc1NCCc1ccccn1. The standard InChI is InChI=1S/C14H14BrN3S/c15-10-4-5-12(14(16)19)13(9-10)18-8-6-11-3-1-2-7-17-11/h1-5,7,9,18H,6,8H2,(H2,16,19). The summed E-state index contributed by atoms with van der Waals surface area (Å²) in [6.07, 6.45) is 2.65. The van der Waals surface area contributed by atoms with Crippen LogP contribution in [0.15, 0.2) is 47.1 Å². The second-order valence-electron chi connectivity index (χ2n) is 4.05. The van der Waals surface area contributed by atoms with Gasteiger partial charge in [-0.25, -0.2) is 0 Å². The van der Waals surface area contributed by atoms with Crippen LogP contribution in [0.4, 0.5) is 5.69 Å². The first-order chi connectivity index (χ1) is 9.16. The number of nitrogens with zero attached hydrogens (tertiary/aromatic N) is 1. The zero-order valence-electron chi connectivity index (χ0n) is 10.3. The third kappa shape index (κ3) is 4.01. The monoisotopic (exact) mass is 335 g/mol. The lowest BCUT2D eigenvalue weighted by atomic mass is 10.1. The van der Waals surface area contributed by atoms with E-state index in [2.05, 4.69) is 26.2 Å². The van der Waals surface area contributed by atoms with Crippen molar-refractivity contribution in [3.05, 3.63) is 58.3 Å². The van der Waals surface area contributed by atoms with Gasteiger partial charge in [0.25, 0.3) is 0 Å². The normalized spacial score (nSPS) is 10.2. The minimum atomic E-state index is 0.396. The summed E-state index contributed by atoms with van der Waals surface area (Å²) in [5.74, 6) is 0. The molecule has 1 aromatic carbocycles. The molecule has 3 nitrogen and oxygen atoms in total. The highest BCUT2D eigenvalue weighted by Crippen LogP contribution is 2.21. The van der Waals surface area contributed by atoms with Gasteiger partial charge in [-0.1, -0.05) is 34.2 Å². The van der Waals surface area contributed by atoms with Crippen LogP contribution < -0.4 is 11.1 Å². The summed E-state index contributed by atoms with van der Waals surface area (Å²) in [5.41, 5.74) is 8.57. The number of pyridine rings is 1. The summed E-state index contributed by atoms with van der Waals surface area (Å²) in [6.45, 7) is 0.781. The fraction of sp³-hybridized carbons (Fsp3) is 0.143. The molecule has 0 aliphatic rings. The first-order valence-corrected chi connectivity index (χ1v) is 7.10. The second-order valence-corrected chi connectivity index (χ2v) is 5.41. The molecule has 0 fully saturated rings. The Morgan fingerprint density at radius 3 is 2.84 bits per heavy atom. The number of nitrogens with two attached hydrogens (primary N) is 1. The van der Waals surface area contributed by atoms with Gasteiger partial charge in [-0.15, -0.1) is 0 Å². The van der Waals surface area contributed by atoms with Crippen molar-refractivity contribution >= 4 is 38.8 Å². The van der Waals surface area contributed by atoms with E-state index >= 15 is 0 Å². The molecule has 3 N–H and O–H groups in total. The van der Waals surface area contributed by atoms with Gasteiger partial charge >= 0.3 is 0 Å². The van der Waals surface area contributed by atoms with Crippen LogP contribution in [0.3, 0.4) is 0 Å². The number of hydrogen-bond donors (Lipinski definition) is 2. The zero-order chi connectivity index (χ0) is 13.7. The van der Waals surface area contributed by atoms with Crippen molar-refractivity contribution < 1.29 is 0 Å². The van der Waals surface area contributed by atoms with Crippen molar-refractivity contribution in [3.8, 4) is 0 Å². The number of hydrogen-bond acceptors (Lipinski definition) is 3.